The van der Waals surface area contributed by atoms with E-state index in [9.17, 15) is 18.0 Å². The van der Waals surface area contributed by atoms with Crippen LogP contribution in [0.5, 0.6) is 11.6 Å². The summed E-state index contributed by atoms with van der Waals surface area (Å²) in [6.07, 6.45) is 1.56. The molecular weight excluding hydrogens is 389 g/mol. The molecule has 0 bridgehead atoms. The first-order chi connectivity index (χ1) is 13.5. The first-order valence-corrected chi connectivity index (χ1v) is 9.09. The van der Waals surface area contributed by atoms with Crippen molar-refractivity contribution in [1.29, 1.82) is 0 Å². The van der Waals surface area contributed by atoms with E-state index in [1.165, 1.54) is 48.5 Å². The minimum Gasteiger partial charge on any atom is -0.439 e. The lowest BCUT2D eigenvalue weighted by molar-refractivity contribution is 0.0951. The Bertz CT molecular complexity index is 918. The number of alkyl halides is 2. The number of nitrogens with one attached hydrogen (secondary N) is 1. The van der Waals surface area contributed by atoms with E-state index in [1.807, 2.05) is 0 Å². The number of nitrogens with zero attached hydrogens (tertiary/aromatic N) is 1. The second-order valence-electron chi connectivity index (χ2n) is 5.65. The summed E-state index contributed by atoms with van der Waals surface area (Å²) in [6.45, 7) is 0.246. The molecule has 0 saturated heterocycles. The number of carbonyl (C=O) groups excluding carboxylic acids is 1. The molecule has 3 aromatic rings. The molecule has 4 nitrogen and oxygen atoms in total. The van der Waals surface area contributed by atoms with Gasteiger partial charge in [0.05, 0.1) is 0 Å². The molecule has 0 aliphatic heterocycles. The molecular formula is C20H15F3N2O2S. The van der Waals surface area contributed by atoms with E-state index < -0.39 is 5.76 Å². The number of ether oxygens (including phenoxy) is 1. The molecule has 28 heavy (non-hydrogen) atoms. The average molecular weight is 404 g/mol. The van der Waals surface area contributed by atoms with Crippen molar-refractivity contribution in [2.24, 2.45) is 0 Å². The van der Waals surface area contributed by atoms with Crippen LogP contribution < -0.4 is 10.1 Å². The zero-order valence-corrected chi connectivity index (χ0v) is 15.3. The van der Waals surface area contributed by atoms with Crippen LogP contribution >= 0.6 is 11.8 Å². The highest BCUT2D eigenvalue weighted by atomic mass is 32.2. The standard InChI is InChI=1S/C20H15F3N2O2S/c21-15-4-6-16(7-5-15)27-18-10-1-13(11-24-18)12-25-19(26)14-2-8-17(9-3-14)28-20(22)23/h1-11,20H,12H2,(H,25,26). The molecule has 8 heteroatoms. The van der Waals surface area contributed by atoms with Gasteiger partial charge in [0.15, 0.2) is 0 Å². The van der Waals surface area contributed by atoms with Gasteiger partial charge < -0.3 is 10.1 Å². The Kier molecular flexibility index (Phi) is 6.54. The fourth-order valence-corrected chi connectivity index (χ4v) is 2.77. The predicted molar refractivity (Wildman–Crippen MR) is 100 cm³/mol. The Hall–Kier alpha value is -3.00. The third-order valence-corrected chi connectivity index (χ3v) is 4.35. The fourth-order valence-electron chi connectivity index (χ4n) is 2.27. The highest BCUT2D eigenvalue weighted by Crippen LogP contribution is 2.25. The summed E-state index contributed by atoms with van der Waals surface area (Å²) in [5.74, 6) is -2.37. The average Bonchev–Trinajstić information content (AvgIpc) is 2.69. The maximum Gasteiger partial charge on any atom is 0.288 e. The van der Waals surface area contributed by atoms with Gasteiger partial charge in [0.1, 0.15) is 11.6 Å². The summed E-state index contributed by atoms with van der Waals surface area (Å²) in [5, 5.41) is 2.73. The number of rotatable bonds is 7. The Labute approximate surface area is 163 Å². The van der Waals surface area contributed by atoms with Crippen molar-refractivity contribution >= 4 is 17.7 Å². The van der Waals surface area contributed by atoms with Gasteiger partial charge in [-0.2, -0.15) is 8.78 Å². The van der Waals surface area contributed by atoms with Gasteiger partial charge in [-0.3, -0.25) is 4.79 Å². The Morgan fingerprint density at radius 1 is 1.04 bits per heavy atom. The van der Waals surface area contributed by atoms with Gasteiger partial charge >= 0.3 is 0 Å². The third-order valence-electron chi connectivity index (χ3n) is 3.63. The quantitative estimate of drug-likeness (QED) is 0.546. The maximum absolute atomic E-state index is 12.9. The molecule has 0 atom stereocenters. The second kappa shape index (κ2) is 9.27. The van der Waals surface area contributed by atoms with E-state index in [0.717, 1.165) is 5.56 Å². The van der Waals surface area contributed by atoms with Crippen molar-refractivity contribution in [2.75, 3.05) is 0 Å². The van der Waals surface area contributed by atoms with Gasteiger partial charge in [0.25, 0.3) is 11.7 Å². The molecule has 0 saturated carbocycles. The Morgan fingerprint density at radius 2 is 1.75 bits per heavy atom. The SMILES string of the molecule is O=C(NCc1ccc(Oc2ccc(F)cc2)nc1)c1ccc(SC(F)F)cc1. The molecule has 1 heterocycles. The lowest BCUT2D eigenvalue weighted by Crippen LogP contribution is -2.22. The fraction of sp³-hybridized carbons (Fsp3) is 0.100. The van der Waals surface area contributed by atoms with E-state index in [-0.39, 0.29) is 18.3 Å². The van der Waals surface area contributed by atoms with Crippen LogP contribution in [-0.2, 0) is 6.54 Å². The Morgan fingerprint density at radius 3 is 2.36 bits per heavy atom. The minimum atomic E-state index is -2.50. The van der Waals surface area contributed by atoms with Gasteiger partial charge in [-0.05, 0) is 54.1 Å². The van der Waals surface area contributed by atoms with Gasteiger partial charge in [-0.15, -0.1) is 0 Å². The summed E-state index contributed by atoms with van der Waals surface area (Å²) in [6, 6.07) is 14.9. The molecule has 1 N–H and O–H groups in total. The topological polar surface area (TPSA) is 51.2 Å². The molecule has 0 unspecified atom stereocenters. The van der Waals surface area contributed by atoms with Crippen LogP contribution in [0.2, 0.25) is 0 Å². The number of hydrogen-bond donors (Lipinski definition) is 1. The van der Waals surface area contributed by atoms with Crippen LogP contribution in [0.25, 0.3) is 0 Å². The van der Waals surface area contributed by atoms with Crippen molar-refractivity contribution in [3.05, 3.63) is 83.8 Å². The van der Waals surface area contributed by atoms with E-state index in [4.69, 9.17) is 4.74 Å². The molecule has 0 aliphatic carbocycles. The molecule has 1 aromatic heterocycles. The lowest BCUT2D eigenvalue weighted by Gasteiger charge is -2.08. The highest BCUT2D eigenvalue weighted by molar-refractivity contribution is 7.99. The molecule has 0 radical (unpaired) electrons. The van der Waals surface area contributed by atoms with Gasteiger partial charge in [-0.25, -0.2) is 9.37 Å². The number of aromatic nitrogens is 1. The van der Waals surface area contributed by atoms with Crippen molar-refractivity contribution in [3.63, 3.8) is 0 Å². The summed E-state index contributed by atoms with van der Waals surface area (Å²) < 4.78 is 43.0. The number of benzene rings is 2. The van der Waals surface area contributed by atoms with E-state index in [2.05, 4.69) is 10.3 Å². The van der Waals surface area contributed by atoms with Crippen LogP contribution in [0.1, 0.15) is 15.9 Å². The molecule has 0 fully saturated rings. The number of hydrogen-bond acceptors (Lipinski definition) is 4. The first-order valence-electron chi connectivity index (χ1n) is 8.21. The largest absolute Gasteiger partial charge is 0.439 e. The van der Waals surface area contributed by atoms with Gasteiger partial charge in [-0.1, -0.05) is 17.8 Å². The Balaban J connectivity index is 1.52. The van der Waals surface area contributed by atoms with Crippen molar-refractivity contribution in [2.45, 2.75) is 17.2 Å². The summed E-state index contributed by atoms with van der Waals surface area (Å²) >= 11 is 0.428. The van der Waals surface area contributed by atoms with E-state index in [0.29, 0.717) is 33.9 Å². The highest BCUT2D eigenvalue weighted by Gasteiger charge is 2.09. The summed E-state index contributed by atoms with van der Waals surface area (Å²) in [4.78, 5) is 16.7. The molecule has 0 aliphatic rings. The number of pyridine rings is 1. The van der Waals surface area contributed by atoms with Crippen LogP contribution in [-0.4, -0.2) is 16.6 Å². The molecule has 144 valence electrons. The van der Waals surface area contributed by atoms with Crippen LogP contribution in [0.15, 0.2) is 71.8 Å². The zero-order valence-electron chi connectivity index (χ0n) is 14.4. The van der Waals surface area contributed by atoms with E-state index >= 15 is 0 Å². The van der Waals surface area contributed by atoms with Crippen LogP contribution in [0.4, 0.5) is 13.2 Å². The monoisotopic (exact) mass is 404 g/mol. The van der Waals surface area contributed by atoms with Crippen molar-refractivity contribution < 1.29 is 22.7 Å². The zero-order chi connectivity index (χ0) is 19.9. The number of carbonyl (C=O) groups is 1. The smallest absolute Gasteiger partial charge is 0.288 e. The van der Waals surface area contributed by atoms with Crippen molar-refractivity contribution in [1.82, 2.24) is 10.3 Å². The number of halogens is 3. The lowest BCUT2D eigenvalue weighted by atomic mass is 10.2. The molecule has 1 amide bonds. The van der Waals surface area contributed by atoms with Gasteiger partial charge in [0.2, 0.25) is 5.88 Å². The maximum atomic E-state index is 12.9. The van der Waals surface area contributed by atoms with Gasteiger partial charge in [0, 0.05) is 29.3 Å². The normalized spacial score (nSPS) is 10.7. The van der Waals surface area contributed by atoms with Crippen molar-refractivity contribution in [3.8, 4) is 11.6 Å². The predicted octanol–water partition coefficient (Wildman–Crippen LogP) is 5.26. The molecule has 0 spiro atoms. The minimum absolute atomic E-state index is 0.246. The first kappa shape index (κ1) is 19.8. The molecule has 3 rings (SSSR count). The van der Waals surface area contributed by atoms with Crippen LogP contribution in [0, 0.1) is 5.82 Å². The summed E-state index contributed by atoms with van der Waals surface area (Å²) in [7, 11) is 0. The summed E-state index contributed by atoms with van der Waals surface area (Å²) in [5.41, 5.74) is 1.13. The van der Waals surface area contributed by atoms with Crippen LogP contribution in [0.3, 0.4) is 0 Å². The number of amides is 1. The second-order valence-corrected chi connectivity index (χ2v) is 6.71. The number of thioether (sulfide) groups is 1. The van der Waals surface area contributed by atoms with E-state index in [1.54, 1.807) is 18.3 Å². The third kappa shape index (κ3) is 5.75. The molecule has 2 aromatic carbocycles.